The predicted octanol–water partition coefficient (Wildman–Crippen LogP) is 4.33. The molecule has 3 heterocycles. The Hall–Kier alpha value is -3.71. The van der Waals surface area contributed by atoms with E-state index in [-0.39, 0.29) is 17.6 Å². The predicted molar refractivity (Wildman–Crippen MR) is 129 cm³/mol. The lowest BCUT2D eigenvalue weighted by Gasteiger charge is -2.32. The number of nitrogens with zero attached hydrogens (tertiary/aromatic N) is 4. The Kier molecular flexibility index (Phi) is 6.53. The maximum atomic E-state index is 13.1. The minimum atomic E-state index is -0.270. The molecule has 0 saturated carbocycles. The van der Waals surface area contributed by atoms with Crippen LogP contribution in [0.5, 0.6) is 0 Å². The van der Waals surface area contributed by atoms with E-state index in [0.29, 0.717) is 13.1 Å². The van der Waals surface area contributed by atoms with E-state index in [2.05, 4.69) is 14.8 Å². The summed E-state index contributed by atoms with van der Waals surface area (Å²) in [5.41, 5.74) is 3.02. The van der Waals surface area contributed by atoms with Crippen LogP contribution in [0.1, 0.15) is 24.0 Å². The number of hydrogen-bond donors (Lipinski definition) is 1. The van der Waals surface area contributed by atoms with Crippen molar-refractivity contribution in [2.24, 2.45) is 5.92 Å². The number of piperidine rings is 1. The van der Waals surface area contributed by atoms with Gasteiger partial charge in [-0.2, -0.15) is 5.10 Å². The van der Waals surface area contributed by atoms with Crippen molar-refractivity contribution >= 4 is 5.91 Å². The first-order valence-electron chi connectivity index (χ1n) is 11.7. The average Bonchev–Trinajstić information content (AvgIpc) is 3.54. The van der Waals surface area contributed by atoms with Crippen LogP contribution < -0.4 is 5.32 Å². The summed E-state index contributed by atoms with van der Waals surface area (Å²) in [6, 6.07) is 20.4. The number of carbonyl (C=O) groups is 1. The first-order valence-corrected chi connectivity index (χ1v) is 11.7. The number of benzene rings is 2. The van der Waals surface area contributed by atoms with Crippen molar-refractivity contribution in [3.05, 3.63) is 102 Å². The van der Waals surface area contributed by atoms with Gasteiger partial charge < -0.3 is 9.88 Å². The molecule has 1 fully saturated rings. The molecule has 174 valence electrons. The molecule has 5 rings (SSSR count). The van der Waals surface area contributed by atoms with E-state index in [1.807, 2.05) is 65.7 Å². The number of nitrogens with one attached hydrogen (secondary N) is 1. The van der Waals surface area contributed by atoms with Crippen LogP contribution >= 0.6 is 0 Å². The Balaban J connectivity index is 1.28. The number of rotatable bonds is 7. The minimum Gasteiger partial charge on any atom is -0.352 e. The monoisotopic (exact) mass is 457 g/mol. The fourth-order valence-electron chi connectivity index (χ4n) is 4.59. The number of amides is 1. The van der Waals surface area contributed by atoms with E-state index >= 15 is 0 Å². The second kappa shape index (κ2) is 10.1. The van der Waals surface area contributed by atoms with Crippen molar-refractivity contribution < 1.29 is 9.18 Å². The van der Waals surface area contributed by atoms with Crippen LogP contribution in [0.15, 0.2) is 85.3 Å². The third kappa shape index (κ3) is 4.94. The highest BCUT2D eigenvalue weighted by atomic mass is 19.1. The fourth-order valence-corrected chi connectivity index (χ4v) is 4.59. The molecule has 1 aliphatic rings. The van der Waals surface area contributed by atoms with Gasteiger partial charge in [0.15, 0.2) is 0 Å². The van der Waals surface area contributed by atoms with Gasteiger partial charge in [-0.15, -0.1) is 0 Å². The van der Waals surface area contributed by atoms with Gasteiger partial charge in [0.05, 0.1) is 17.8 Å². The van der Waals surface area contributed by atoms with Crippen LogP contribution in [-0.2, 0) is 17.9 Å². The van der Waals surface area contributed by atoms with Crippen LogP contribution in [0.2, 0.25) is 0 Å². The normalized spacial score (nSPS) is 16.4. The van der Waals surface area contributed by atoms with Crippen molar-refractivity contribution in [1.82, 2.24) is 24.6 Å². The SMILES string of the molecule is O=C(NCc1ccc(F)cc1)[C@@H]1CCCN(Cc2cnn(-c3ccccc3)c2-n2cccc2)C1. The summed E-state index contributed by atoms with van der Waals surface area (Å²) < 4.78 is 17.2. The van der Waals surface area contributed by atoms with Gasteiger partial charge in [-0.25, -0.2) is 9.07 Å². The molecule has 0 unspecified atom stereocenters. The number of hydrogen-bond acceptors (Lipinski definition) is 3. The zero-order valence-corrected chi connectivity index (χ0v) is 19.0. The van der Waals surface area contributed by atoms with Gasteiger partial charge in [0.1, 0.15) is 11.6 Å². The highest BCUT2D eigenvalue weighted by molar-refractivity contribution is 5.79. The summed E-state index contributed by atoms with van der Waals surface area (Å²) in [6.07, 6.45) is 7.84. The molecule has 6 nitrogen and oxygen atoms in total. The molecular weight excluding hydrogens is 429 g/mol. The number of aromatic nitrogens is 3. The zero-order chi connectivity index (χ0) is 23.3. The summed E-state index contributed by atoms with van der Waals surface area (Å²) in [6.45, 7) is 2.79. The number of halogens is 1. The Bertz CT molecular complexity index is 1220. The molecule has 2 aromatic heterocycles. The van der Waals surface area contributed by atoms with Gasteiger partial charge >= 0.3 is 0 Å². The van der Waals surface area contributed by atoms with E-state index in [9.17, 15) is 9.18 Å². The Morgan fingerprint density at radius 2 is 1.79 bits per heavy atom. The molecule has 1 amide bonds. The van der Waals surface area contributed by atoms with Crippen LogP contribution in [0.4, 0.5) is 4.39 Å². The Morgan fingerprint density at radius 3 is 2.56 bits per heavy atom. The molecule has 1 N–H and O–H groups in total. The third-order valence-electron chi connectivity index (χ3n) is 6.32. The molecule has 1 aliphatic heterocycles. The lowest BCUT2D eigenvalue weighted by atomic mass is 9.96. The van der Waals surface area contributed by atoms with E-state index in [1.54, 1.807) is 12.1 Å². The smallest absolute Gasteiger partial charge is 0.224 e. The van der Waals surface area contributed by atoms with Crippen molar-refractivity contribution in [2.75, 3.05) is 13.1 Å². The second-order valence-corrected chi connectivity index (χ2v) is 8.75. The first-order chi connectivity index (χ1) is 16.7. The molecular formula is C27H28FN5O. The van der Waals surface area contributed by atoms with Gasteiger partial charge in [-0.05, 0) is 61.3 Å². The van der Waals surface area contributed by atoms with Crippen LogP contribution in [0.3, 0.4) is 0 Å². The number of para-hydroxylation sites is 1. The van der Waals surface area contributed by atoms with Gasteiger partial charge in [-0.3, -0.25) is 9.69 Å². The summed E-state index contributed by atoms with van der Waals surface area (Å²) >= 11 is 0. The summed E-state index contributed by atoms with van der Waals surface area (Å²) in [5.74, 6) is 0.736. The fraction of sp³-hybridized carbons (Fsp3) is 0.259. The van der Waals surface area contributed by atoms with Crippen LogP contribution in [0.25, 0.3) is 11.5 Å². The zero-order valence-electron chi connectivity index (χ0n) is 19.0. The summed E-state index contributed by atoms with van der Waals surface area (Å²) in [5, 5.41) is 7.72. The maximum Gasteiger partial charge on any atom is 0.224 e. The third-order valence-corrected chi connectivity index (χ3v) is 6.32. The van der Waals surface area contributed by atoms with Gasteiger partial charge in [0.2, 0.25) is 5.91 Å². The lowest BCUT2D eigenvalue weighted by molar-refractivity contribution is -0.126. The van der Waals surface area contributed by atoms with Crippen molar-refractivity contribution in [3.8, 4) is 11.5 Å². The summed E-state index contributed by atoms with van der Waals surface area (Å²) in [7, 11) is 0. The van der Waals surface area contributed by atoms with Crippen molar-refractivity contribution in [3.63, 3.8) is 0 Å². The molecule has 0 radical (unpaired) electrons. The van der Waals surface area contributed by atoms with Crippen LogP contribution in [0, 0.1) is 11.7 Å². The molecule has 34 heavy (non-hydrogen) atoms. The highest BCUT2D eigenvalue weighted by Crippen LogP contribution is 2.24. The highest BCUT2D eigenvalue weighted by Gasteiger charge is 2.27. The van der Waals surface area contributed by atoms with E-state index in [1.165, 1.54) is 12.1 Å². The molecule has 0 spiro atoms. The molecule has 2 aromatic carbocycles. The number of carbonyl (C=O) groups excluding carboxylic acids is 1. The van der Waals surface area contributed by atoms with E-state index in [4.69, 9.17) is 5.10 Å². The molecule has 7 heteroatoms. The maximum absolute atomic E-state index is 13.1. The van der Waals surface area contributed by atoms with Crippen LogP contribution in [-0.4, -0.2) is 38.2 Å². The second-order valence-electron chi connectivity index (χ2n) is 8.75. The van der Waals surface area contributed by atoms with Crippen molar-refractivity contribution in [2.45, 2.75) is 25.9 Å². The van der Waals surface area contributed by atoms with Gasteiger partial charge in [0, 0.05) is 37.6 Å². The van der Waals surface area contributed by atoms with Crippen molar-refractivity contribution in [1.29, 1.82) is 0 Å². The topological polar surface area (TPSA) is 55.1 Å². The van der Waals surface area contributed by atoms with E-state index < -0.39 is 0 Å². The Labute approximate surface area is 198 Å². The largest absolute Gasteiger partial charge is 0.352 e. The van der Waals surface area contributed by atoms with Gasteiger partial charge in [-0.1, -0.05) is 30.3 Å². The van der Waals surface area contributed by atoms with Gasteiger partial charge in [0.25, 0.3) is 0 Å². The lowest BCUT2D eigenvalue weighted by Crippen LogP contribution is -2.42. The first kappa shape index (κ1) is 22.1. The molecule has 0 bridgehead atoms. The summed E-state index contributed by atoms with van der Waals surface area (Å²) in [4.78, 5) is 15.2. The quantitative estimate of drug-likeness (QED) is 0.449. The minimum absolute atomic E-state index is 0.0552. The average molecular weight is 458 g/mol. The molecule has 4 aromatic rings. The Morgan fingerprint density at radius 1 is 1.03 bits per heavy atom. The molecule has 1 saturated heterocycles. The standard InChI is InChI=1S/C27H28FN5O/c28-24-12-10-21(11-13-24)17-29-26(34)22-7-6-14-31(19-22)20-23-18-30-33(25-8-2-1-3-9-25)27(23)32-15-4-5-16-32/h1-5,8-13,15-16,18,22H,6-7,14,17,19-20H2,(H,29,34)/t22-/m1/s1. The molecule has 1 atom stereocenters. The molecule has 0 aliphatic carbocycles. The van der Waals surface area contributed by atoms with E-state index in [0.717, 1.165) is 48.6 Å². The number of likely N-dealkylation sites (tertiary alicyclic amines) is 1.